The molecule has 2 heterocycles. The molecule has 0 unspecified atom stereocenters. The van der Waals surface area contributed by atoms with Crippen molar-refractivity contribution in [3.8, 4) is 0 Å². The van der Waals surface area contributed by atoms with Gasteiger partial charge in [-0.15, -0.1) is 0 Å². The van der Waals surface area contributed by atoms with E-state index in [4.69, 9.17) is 0 Å². The van der Waals surface area contributed by atoms with Crippen LogP contribution in [0, 0.1) is 11.8 Å². The Morgan fingerprint density at radius 2 is 1.80 bits per heavy atom. The predicted octanol–water partition coefficient (Wildman–Crippen LogP) is 3.99. The van der Waals surface area contributed by atoms with E-state index in [1.807, 2.05) is 0 Å². The highest BCUT2D eigenvalue weighted by Gasteiger charge is 2.32. The van der Waals surface area contributed by atoms with E-state index >= 15 is 0 Å². The van der Waals surface area contributed by atoms with Crippen LogP contribution in [0.3, 0.4) is 0 Å². The molecule has 2 saturated heterocycles. The molecule has 3 fully saturated rings. The highest BCUT2D eigenvalue weighted by molar-refractivity contribution is 5.79. The predicted molar refractivity (Wildman–Crippen MR) is 100 cm³/mol. The molecule has 3 rings (SSSR count). The zero-order valence-electron chi connectivity index (χ0n) is 16.0. The lowest BCUT2D eigenvalue weighted by molar-refractivity contribution is -0.136. The van der Waals surface area contributed by atoms with Gasteiger partial charge in [0, 0.05) is 38.0 Å². The van der Waals surface area contributed by atoms with Gasteiger partial charge >= 0.3 is 0 Å². The van der Waals surface area contributed by atoms with Gasteiger partial charge in [0.05, 0.1) is 0 Å². The minimum atomic E-state index is 0.216. The third kappa shape index (κ3) is 4.77. The third-order valence-corrected chi connectivity index (χ3v) is 6.74. The number of amides is 2. The summed E-state index contributed by atoms with van der Waals surface area (Å²) in [5.74, 6) is 1.70. The van der Waals surface area contributed by atoms with Gasteiger partial charge in [-0.2, -0.15) is 0 Å². The highest BCUT2D eigenvalue weighted by atomic mass is 16.2. The van der Waals surface area contributed by atoms with E-state index in [2.05, 4.69) is 16.7 Å². The lowest BCUT2D eigenvalue weighted by Crippen LogP contribution is -2.39. The van der Waals surface area contributed by atoms with E-state index in [0.717, 1.165) is 70.5 Å². The van der Waals surface area contributed by atoms with Crippen molar-refractivity contribution in [2.24, 2.45) is 11.8 Å². The second kappa shape index (κ2) is 9.05. The molecule has 25 heavy (non-hydrogen) atoms. The van der Waals surface area contributed by atoms with E-state index in [1.54, 1.807) is 0 Å². The van der Waals surface area contributed by atoms with Gasteiger partial charge in [0.15, 0.2) is 0 Å². The summed E-state index contributed by atoms with van der Waals surface area (Å²) in [7, 11) is 0. The Morgan fingerprint density at radius 3 is 2.48 bits per heavy atom. The second-order valence-corrected chi connectivity index (χ2v) is 8.45. The minimum Gasteiger partial charge on any atom is -0.342 e. The normalized spacial score (nSPS) is 27.4. The number of nitrogens with zero attached hydrogens (tertiary/aromatic N) is 2. The second-order valence-electron chi connectivity index (χ2n) is 8.45. The van der Waals surface area contributed by atoms with Gasteiger partial charge in [-0.25, -0.2) is 0 Å². The Morgan fingerprint density at radius 1 is 1.00 bits per heavy atom. The molecule has 0 N–H and O–H groups in total. The van der Waals surface area contributed by atoms with Crippen LogP contribution in [0.5, 0.6) is 0 Å². The van der Waals surface area contributed by atoms with Crippen LogP contribution in [0.1, 0.15) is 84.0 Å². The number of likely N-dealkylation sites (tertiary alicyclic amines) is 2. The summed E-state index contributed by atoms with van der Waals surface area (Å²) in [4.78, 5) is 29.3. The molecule has 2 aliphatic heterocycles. The van der Waals surface area contributed by atoms with Crippen molar-refractivity contribution >= 4 is 11.8 Å². The van der Waals surface area contributed by atoms with Crippen molar-refractivity contribution < 1.29 is 9.59 Å². The van der Waals surface area contributed by atoms with Crippen LogP contribution >= 0.6 is 0 Å². The molecule has 0 aromatic rings. The first-order valence-corrected chi connectivity index (χ1v) is 10.8. The SMILES string of the molecule is CC[C@H](CC1CCCCC1)C(=O)N1CCC[C@H](N2CCCC2=O)CC1. The Kier molecular flexibility index (Phi) is 6.77. The molecule has 142 valence electrons. The van der Waals surface area contributed by atoms with E-state index in [0.29, 0.717) is 17.9 Å². The third-order valence-electron chi connectivity index (χ3n) is 6.74. The standard InChI is InChI=1S/C21H36N2O2/c1-2-18(16-17-8-4-3-5-9-17)21(25)22-13-6-10-19(12-15-22)23-14-7-11-20(23)24/h17-19H,2-16H2,1H3/t18-,19+/m1/s1. The fraction of sp³-hybridized carbons (Fsp3) is 0.905. The Balaban J connectivity index is 1.53. The van der Waals surface area contributed by atoms with Gasteiger partial charge < -0.3 is 9.80 Å². The molecule has 0 radical (unpaired) electrons. The maximum Gasteiger partial charge on any atom is 0.225 e. The molecule has 2 amide bonds. The van der Waals surface area contributed by atoms with Crippen molar-refractivity contribution in [3.63, 3.8) is 0 Å². The molecule has 0 aromatic heterocycles. The van der Waals surface area contributed by atoms with Crippen LogP contribution in [0.4, 0.5) is 0 Å². The summed E-state index contributed by atoms with van der Waals surface area (Å²) in [5.41, 5.74) is 0. The van der Waals surface area contributed by atoms with E-state index in [-0.39, 0.29) is 5.92 Å². The number of hydrogen-bond acceptors (Lipinski definition) is 2. The number of carbonyl (C=O) groups is 2. The van der Waals surface area contributed by atoms with Gasteiger partial charge in [-0.1, -0.05) is 39.0 Å². The molecule has 4 heteroatoms. The van der Waals surface area contributed by atoms with Crippen LogP contribution in [0.2, 0.25) is 0 Å². The Hall–Kier alpha value is -1.06. The first-order valence-electron chi connectivity index (χ1n) is 10.8. The van der Waals surface area contributed by atoms with E-state index < -0.39 is 0 Å². The van der Waals surface area contributed by atoms with Gasteiger partial charge in [-0.3, -0.25) is 9.59 Å². The van der Waals surface area contributed by atoms with Crippen LogP contribution in [-0.4, -0.2) is 47.3 Å². The maximum atomic E-state index is 13.1. The van der Waals surface area contributed by atoms with E-state index in [9.17, 15) is 9.59 Å². The molecule has 0 bridgehead atoms. The smallest absolute Gasteiger partial charge is 0.225 e. The average Bonchev–Trinajstić information content (AvgIpc) is 2.92. The topological polar surface area (TPSA) is 40.6 Å². The zero-order chi connectivity index (χ0) is 17.6. The zero-order valence-corrected chi connectivity index (χ0v) is 16.0. The van der Waals surface area contributed by atoms with Crippen LogP contribution in [0.25, 0.3) is 0 Å². The molecule has 3 aliphatic rings. The summed E-state index contributed by atoms with van der Waals surface area (Å²) in [6.45, 7) is 4.83. The van der Waals surface area contributed by atoms with Crippen molar-refractivity contribution in [2.45, 2.75) is 90.0 Å². The van der Waals surface area contributed by atoms with Crippen LogP contribution < -0.4 is 0 Å². The molecular formula is C21H36N2O2. The van der Waals surface area contributed by atoms with Crippen molar-refractivity contribution in [2.75, 3.05) is 19.6 Å². The molecule has 1 aliphatic carbocycles. The summed E-state index contributed by atoms with van der Waals surface area (Å²) in [6.07, 6.45) is 13.6. The average molecular weight is 349 g/mol. The van der Waals surface area contributed by atoms with Crippen molar-refractivity contribution in [1.82, 2.24) is 9.80 Å². The molecule has 2 atom stereocenters. The Bertz CT molecular complexity index is 459. The first kappa shape index (κ1) is 18.7. The number of hydrogen-bond donors (Lipinski definition) is 0. The van der Waals surface area contributed by atoms with Crippen LogP contribution in [0.15, 0.2) is 0 Å². The fourth-order valence-corrected chi connectivity index (χ4v) is 5.19. The summed E-state index contributed by atoms with van der Waals surface area (Å²) in [5, 5.41) is 0. The quantitative estimate of drug-likeness (QED) is 0.754. The Labute approximate surface area is 153 Å². The molecule has 0 aromatic carbocycles. The molecular weight excluding hydrogens is 312 g/mol. The minimum absolute atomic E-state index is 0.216. The molecule has 0 spiro atoms. The van der Waals surface area contributed by atoms with Gasteiger partial charge in [0.1, 0.15) is 0 Å². The molecule has 4 nitrogen and oxygen atoms in total. The lowest BCUT2D eigenvalue weighted by atomic mass is 9.81. The lowest BCUT2D eigenvalue weighted by Gasteiger charge is -2.30. The van der Waals surface area contributed by atoms with Gasteiger partial charge in [-0.05, 0) is 44.4 Å². The van der Waals surface area contributed by atoms with Gasteiger partial charge in [0.25, 0.3) is 0 Å². The summed E-state index contributed by atoms with van der Waals surface area (Å²) >= 11 is 0. The fourth-order valence-electron chi connectivity index (χ4n) is 5.19. The molecule has 1 saturated carbocycles. The summed E-state index contributed by atoms with van der Waals surface area (Å²) in [6, 6.07) is 0.367. The summed E-state index contributed by atoms with van der Waals surface area (Å²) < 4.78 is 0. The van der Waals surface area contributed by atoms with Gasteiger partial charge in [0.2, 0.25) is 11.8 Å². The maximum absolute atomic E-state index is 13.1. The van der Waals surface area contributed by atoms with Crippen LogP contribution in [-0.2, 0) is 9.59 Å². The highest BCUT2D eigenvalue weighted by Crippen LogP contribution is 2.31. The van der Waals surface area contributed by atoms with E-state index in [1.165, 1.54) is 32.1 Å². The van der Waals surface area contributed by atoms with Crippen molar-refractivity contribution in [1.29, 1.82) is 0 Å². The monoisotopic (exact) mass is 348 g/mol. The first-order chi connectivity index (χ1) is 12.2. The number of rotatable bonds is 5. The van der Waals surface area contributed by atoms with Crippen molar-refractivity contribution in [3.05, 3.63) is 0 Å². The largest absolute Gasteiger partial charge is 0.342 e. The number of carbonyl (C=O) groups excluding carboxylic acids is 2.